The molecule has 3 heterocycles. The number of nitrogens with two attached hydrogens (primary N) is 1. The third-order valence-corrected chi connectivity index (χ3v) is 5.10. The number of fused-ring (bicyclic) bond motifs is 3. The Hall–Kier alpha value is -2.53. The number of aryl methyl sites for hydroxylation is 2. The minimum atomic E-state index is 0.243. The van der Waals surface area contributed by atoms with Crippen LogP contribution in [0.1, 0.15) is 34.9 Å². The fourth-order valence-corrected chi connectivity index (χ4v) is 4.20. The molecule has 110 valence electrons. The first-order valence-corrected chi connectivity index (χ1v) is 7.92. The minimum absolute atomic E-state index is 0.243. The molecule has 0 radical (unpaired) electrons. The van der Waals surface area contributed by atoms with E-state index in [9.17, 15) is 0 Å². The fraction of sp³-hybridized carbons (Fsp3) is 0.357. The van der Waals surface area contributed by atoms with Gasteiger partial charge in [-0.1, -0.05) is 0 Å². The average Bonchev–Trinajstić information content (AvgIpc) is 3.10. The molecular formula is C14H13N7S. The Bertz CT molecular complexity index is 902. The van der Waals surface area contributed by atoms with Gasteiger partial charge in [0.1, 0.15) is 23.0 Å². The quantitative estimate of drug-likeness (QED) is 0.771. The van der Waals surface area contributed by atoms with Crippen LogP contribution in [0.25, 0.3) is 10.2 Å². The summed E-state index contributed by atoms with van der Waals surface area (Å²) in [7, 11) is 0. The van der Waals surface area contributed by atoms with E-state index in [1.807, 2.05) is 6.07 Å². The van der Waals surface area contributed by atoms with Gasteiger partial charge in [0.05, 0.1) is 11.9 Å². The second-order valence-corrected chi connectivity index (χ2v) is 6.39. The van der Waals surface area contributed by atoms with Crippen LogP contribution in [-0.4, -0.2) is 24.7 Å². The monoisotopic (exact) mass is 311 g/mol. The molecule has 7 nitrogen and oxygen atoms in total. The van der Waals surface area contributed by atoms with Crippen LogP contribution in [0.2, 0.25) is 0 Å². The molecule has 22 heavy (non-hydrogen) atoms. The van der Waals surface area contributed by atoms with Crippen LogP contribution in [0, 0.1) is 11.3 Å². The van der Waals surface area contributed by atoms with E-state index in [1.54, 1.807) is 15.9 Å². The molecule has 8 heteroatoms. The summed E-state index contributed by atoms with van der Waals surface area (Å²) in [5.74, 6) is 1.36. The lowest BCUT2D eigenvalue weighted by Crippen LogP contribution is -2.08. The maximum absolute atomic E-state index is 8.99. The molecule has 3 aromatic heterocycles. The van der Waals surface area contributed by atoms with Crippen LogP contribution in [0.3, 0.4) is 0 Å². The second-order valence-electron chi connectivity index (χ2n) is 5.31. The van der Waals surface area contributed by atoms with Crippen molar-refractivity contribution < 1.29 is 0 Å². The Kier molecular flexibility index (Phi) is 3.01. The molecule has 0 bridgehead atoms. The largest absolute Gasteiger partial charge is 0.383 e. The van der Waals surface area contributed by atoms with Crippen molar-refractivity contribution in [3.05, 3.63) is 28.4 Å². The predicted molar refractivity (Wildman–Crippen MR) is 82.3 cm³/mol. The number of nitrogen functional groups attached to an aromatic ring is 1. The first-order chi connectivity index (χ1) is 10.8. The fourth-order valence-electron chi connectivity index (χ4n) is 2.91. The molecule has 1 aliphatic carbocycles. The van der Waals surface area contributed by atoms with Gasteiger partial charge in [-0.15, -0.1) is 21.5 Å². The molecule has 0 saturated carbocycles. The number of rotatable bonds is 2. The molecule has 0 atom stereocenters. The van der Waals surface area contributed by atoms with E-state index in [-0.39, 0.29) is 5.82 Å². The van der Waals surface area contributed by atoms with Crippen molar-refractivity contribution in [3.63, 3.8) is 0 Å². The van der Waals surface area contributed by atoms with Gasteiger partial charge < -0.3 is 5.73 Å². The van der Waals surface area contributed by atoms with Gasteiger partial charge in [-0.2, -0.15) is 5.26 Å². The minimum Gasteiger partial charge on any atom is -0.383 e. The summed E-state index contributed by atoms with van der Waals surface area (Å²) in [5, 5.41) is 17.5. The Morgan fingerprint density at radius 2 is 2.18 bits per heavy atom. The Morgan fingerprint density at radius 1 is 1.32 bits per heavy atom. The van der Waals surface area contributed by atoms with E-state index >= 15 is 0 Å². The van der Waals surface area contributed by atoms with E-state index in [0.29, 0.717) is 18.2 Å². The first-order valence-electron chi connectivity index (χ1n) is 7.11. The summed E-state index contributed by atoms with van der Waals surface area (Å²) in [4.78, 5) is 11.4. The van der Waals surface area contributed by atoms with Crippen molar-refractivity contribution in [2.45, 2.75) is 32.2 Å². The van der Waals surface area contributed by atoms with Gasteiger partial charge in [-0.3, -0.25) is 4.57 Å². The molecule has 0 aromatic carbocycles. The summed E-state index contributed by atoms with van der Waals surface area (Å²) in [6.45, 7) is 0.346. The van der Waals surface area contributed by atoms with Crippen LogP contribution in [0.5, 0.6) is 0 Å². The van der Waals surface area contributed by atoms with Crippen molar-refractivity contribution in [2.75, 3.05) is 5.73 Å². The zero-order chi connectivity index (χ0) is 15.1. The molecule has 0 spiro atoms. The number of aromatic nitrogens is 5. The number of nitrogens with zero attached hydrogens (tertiary/aromatic N) is 6. The molecule has 0 aliphatic heterocycles. The van der Waals surface area contributed by atoms with Crippen molar-refractivity contribution in [1.82, 2.24) is 24.7 Å². The molecule has 4 rings (SSSR count). The van der Waals surface area contributed by atoms with Gasteiger partial charge in [-0.25, -0.2) is 9.97 Å². The Morgan fingerprint density at radius 3 is 3.05 bits per heavy atom. The standard InChI is InChI=1S/C14H13N7S/c15-5-11-20-17-7-21(11)6-10-18-13(16)12-8-3-1-2-4-9(8)22-14(12)19-10/h7H,1-4,6H2,(H2,16,18,19). The molecule has 0 saturated heterocycles. The first kappa shape index (κ1) is 13.2. The third kappa shape index (κ3) is 2.02. The summed E-state index contributed by atoms with van der Waals surface area (Å²) >= 11 is 1.71. The smallest absolute Gasteiger partial charge is 0.235 e. The van der Waals surface area contributed by atoms with Crippen molar-refractivity contribution in [2.24, 2.45) is 0 Å². The van der Waals surface area contributed by atoms with Crippen molar-refractivity contribution in [1.29, 1.82) is 5.26 Å². The van der Waals surface area contributed by atoms with Crippen molar-refractivity contribution in [3.8, 4) is 6.07 Å². The molecule has 3 aromatic rings. The lowest BCUT2D eigenvalue weighted by molar-refractivity contribution is 0.700. The number of hydrogen-bond donors (Lipinski definition) is 1. The number of thiophene rings is 1. The van der Waals surface area contributed by atoms with E-state index in [1.165, 1.54) is 29.6 Å². The highest BCUT2D eigenvalue weighted by molar-refractivity contribution is 7.19. The topological polar surface area (TPSA) is 106 Å². The molecule has 0 unspecified atom stereocenters. The Labute approximate surface area is 130 Å². The van der Waals surface area contributed by atoms with Gasteiger partial charge in [0.2, 0.25) is 5.82 Å². The Balaban J connectivity index is 1.79. The van der Waals surface area contributed by atoms with Crippen LogP contribution in [-0.2, 0) is 19.4 Å². The highest BCUT2D eigenvalue weighted by atomic mass is 32.1. The van der Waals surface area contributed by atoms with Gasteiger partial charge >= 0.3 is 0 Å². The van der Waals surface area contributed by atoms with Gasteiger partial charge in [0.25, 0.3) is 0 Å². The average molecular weight is 311 g/mol. The van der Waals surface area contributed by atoms with Gasteiger partial charge in [0.15, 0.2) is 5.82 Å². The lowest BCUT2D eigenvalue weighted by Gasteiger charge is -2.10. The lowest BCUT2D eigenvalue weighted by atomic mass is 9.97. The maximum atomic E-state index is 8.99. The highest BCUT2D eigenvalue weighted by Gasteiger charge is 2.20. The zero-order valence-corrected chi connectivity index (χ0v) is 12.6. The van der Waals surface area contributed by atoms with Crippen LogP contribution >= 0.6 is 11.3 Å². The van der Waals surface area contributed by atoms with E-state index < -0.39 is 0 Å². The van der Waals surface area contributed by atoms with Crippen molar-refractivity contribution >= 4 is 27.4 Å². The van der Waals surface area contributed by atoms with Crippen LogP contribution in [0.4, 0.5) is 5.82 Å². The van der Waals surface area contributed by atoms with E-state index in [0.717, 1.165) is 23.1 Å². The van der Waals surface area contributed by atoms with Gasteiger partial charge in [0, 0.05) is 4.88 Å². The number of hydrogen-bond acceptors (Lipinski definition) is 7. The molecule has 0 amide bonds. The molecule has 2 N–H and O–H groups in total. The molecular weight excluding hydrogens is 298 g/mol. The summed E-state index contributed by atoms with van der Waals surface area (Å²) in [6, 6.07) is 1.99. The summed E-state index contributed by atoms with van der Waals surface area (Å²) < 4.78 is 1.62. The second kappa shape index (κ2) is 5.03. The summed E-state index contributed by atoms with van der Waals surface area (Å²) in [6.07, 6.45) is 6.10. The zero-order valence-electron chi connectivity index (χ0n) is 11.8. The van der Waals surface area contributed by atoms with Crippen LogP contribution in [0.15, 0.2) is 6.33 Å². The normalized spacial score (nSPS) is 14.0. The highest BCUT2D eigenvalue weighted by Crippen LogP contribution is 2.37. The predicted octanol–water partition coefficient (Wildman–Crippen LogP) is 1.66. The third-order valence-electron chi connectivity index (χ3n) is 3.92. The molecule has 1 aliphatic rings. The van der Waals surface area contributed by atoms with E-state index in [4.69, 9.17) is 11.0 Å². The molecule has 0 fully saturated rings. The summed E-state index contributed by atoms with van der Waals surface area (Å²) in [5.41, 5.74) is 7.51. The maximum Gasteiger partial charge on any atom is 0.235 e. The van der Waals surface area contributed by atoms with E-state index in [2.05, 4.69) is 20.2 Å². The SMILES string of the molecule is N#Cc1nncn1Cc1nc(N)c2c3c(sc2n1)CCCC3. The number of anilines is 1. The van der Waals surface area contributed by atoms with Crippen LogP contribution < -0.4 is 5.73 Å². The van der Waals surface area contributed by atoms with Gasteiger partial charge in [-0.05, 0) is 31.2 Å². The number of nitriles is 1.